The van der Waals surface area contributed by atoms with E-state index >= 15 is 0 Å². The number of esters is 1. The first-order valence-corrected chi connectivity index (χ1v) is 8.16. The summed E-state index contributed by atoms with van der Waals surface area (Å²) in [6.07, 6.45) is 5.01. The number of carbonyl (C=O) groups excluding carboxylic acids is 3. The van der Waals surface area contributed by atoms with Crippen molar-refractivity contribution in [3.63, 3.8) is 0 Å². The van der Waals surface area contributed by atoms with Crippen LogP contribution in [0.5, 0.6) is 0 Å². The van der Waals surface area contributed by atoms with Gasteiger partial charge in [-0.3, -0.25) is 14.4 Å². The Kier molecular flexibility index (Phi) is 6.59. The van der Waals surface area contributed by atoms with Gasteiger partial charge in [-0.05, 0) is 37.1 Å². The molecule has 124 valence electrons. The second-order valence-corrected chi connectivity index (χ2v) is 6.08. The van der Waals surface area contributed by atoms with Gasteiger partial charge < -0.3 is 10.1 Å². The van der Waals surface area contributed by atoms with Gasteiger partial charge in [0.2, 0.25) is 5.91 Å². The first-order valence-electron chi connectivity index (χ1n) is 7.78. The fourth-order valence-corrected chi connectivity index (χ4v) is 2.71. The van der Waals surface area contributed by atoms with Crippen molar-refractivity contribution in [1.29, 1.82) is 0 Å². The lowest BCUT2D eigenvalue weighted by molar-refractivity contribution is -0.143. The molecular weight excluding hydrogens is 318 g/mol. The molecule has 6 heteroatoms. The van der Waals surface area contributed by atoms with Gasteiger partial charge in [0, 0.05) is 16.5 Å². The molecule has 0 aromatic heterocycles. The zero-order valence-electron chi connectivity index (χ0n) is 12.8. The van der Waals surface area contributed by atoms with E-state index in [1.165, 1.54) is 6.42 Å². The number of amides is 1. The lowest BCUT2D eigenvalue weighted by atomic mass is 9.89. The van der Waals surface area contributed by atoms with Crippen molar-refractivity contribution in [3.05, 3.63) is 34.9 Å². The van der Waals surface area contributed by atoms with Crippen LogP contribution < -0.4 is 5.32 Å². The van der Waals surface area contributed by atoms with Gasteiger partial charge in [-0.1, -0.05) is 30.9 Å². The summed E-state index contributed by atoms with van der Waals surface area (Å²) in [7, 11) is 0. The number of ketones is 1. The molecule has 0 aliphatic heterocycles. The van der Waals surface area contributed by atoms with Crippen molar-refractivity contribution < 1.29 is 19.1 Å². The summed E-state index contributed by atoms with van der Waals surface area (Å²) < 4.78 is 4.89. The van der Waals surface area contributed by atoms with Gasteiger partial charge >= 0.3 is 5.97 Å². The van der Waals surface area contributed by atoms with Crippen molar-refractivity contribution >= 4 is 29.3 Å². The molecule has 1 aliphatic rings. The maximum atomic E-state index is 11.9. The van der Waals surface area contributed by atoms with Crippen molar-refractivity contribution in [3.8, 4) is 0 Å². The molecule has 0 unspecified atom stereocenters. The zero-order valence-corrected chi connectivity index (χ0v) is 13.6. The molecule has 1 aromatic rings. The van der Waals surface area contributed by atoms with Gasteiger partial charge in [0.05, 0.1) is 0 Å². The van der Waals surface area contributed by atoms with Gasteiger partial charge in [-0.15, -0.1) is 0 Å². The Morgan fingerprint density at radius 2 is 1.74 bits per heavy atom. The van der Waals surface area contributed by atoms with Crippen LogP contribution in [0.15, 0.2) is 24.3 Å². The van der Waals surface area contributed by atoms with Crippen LogP contribution in [0.4, 0.5) is 0 Å². The van der Waals surface area contributed by atoms with Crippen LogP contribution in [0.25, 0.3) is 0 Å². The molecule has 1 saturated carbocycles. The number of ether oxygens (including phenoxy) is 1. The maximum Gasteiger partial charge on any atom is 0.325 e. The summed E-state index contributed by atoms with van der Waals surface area (Å²) in [5.74, 6) is -1.04. The second-order valence-electron chi connectivity index (χ2n) is 5.64. The van der Waals surface area contributed by atoms with Crippen molar-refractivity contribution in [2.24, 2.45) is 5.92 Å². The van der Waals surface area contributed by atoms with Crippen LogP contribution >= 0.6 is 11.6 Å². The van der Waals surface area contributed by atoms with Crippen molar-refractivity contribution in [1.82, 2.24) is 5.32 Å². The fourth-order valence-electron chi connectivity index (χ4n) is 2.58. The lowest BCUT2D eigenvalue weighted by Gasteiger charge is -2.20. The smallest absolute Gasteiger partial charge is 0.325 e. The van der Waals surface area contributed by atoms with E-state index < -0.39 is 5.97 Å². The SMILES string of the molecule is O=C(CNC(=O)C1CCCCC1)OCC(=O)c1ccc(Cl)cc1. The predicted octanol–water partition coefficient (Wildman–Crippen LogP) is 2.76. The first-order chi connectivity index (χ1) is 11.1. The molecule has 1 aliphatic carbocycles. The molecule has 0 radical (unpaired) electrons. The third-order valence-corrected chi connectivity index (χ3v) is 4.17. The fraction of sp³-hybridized carbons (Fsp3) is 0.471. The quantitative estimate of drug-likeness (QED) is 0.640. The van der Waals surface area contributed by atoms with Gasteiger partial charge in [0.1, 0.15) is 6.54 Å². The van der Waals surface area contributed by atoms with Gasteiger partial charge in [0.25, 0.3) is 0 Å². The number of nitrogens with one attached hydrogen (secondary N) is 1. The van der Waals surface area contributed by atoms with E-state index in [2.05, 4.69) is 5.32 Å². The van der Waals surface area contributed by atoms with Crippen LogP contribution in [-0.2, 0) is 14.3 Å². The van der Waals surface area contributed by atoms with Crippen LogP contribution in [-0.4, -0.2) is 30.8 Å². The van der Waals surface area contributed by atoms with E-state index in [1.54, 1.807) is 24.3 Å². The lowest BCUT2D eigenvalue weighted by Crippen LogP contribution is -2.36. The van der Waals surface area contributed by atoms with Crippen LogP contribution in [0.2, 0.25) is 5.02 Å². The predicted molar refractivity (Wildman–Crippen MR) is 86.3 cm³/mol. The zero-order chi connectivity index (χ0) is 16.7. The minimum Gasteiger partial charge on any atom is -0.456 e. The van der Waals surface area contributed by atoms with E-state index in [-0.39, 0.29) is 30.8 Å². The Morgan fingerprint density at radius 1 is 1.09 bits per heavy atom. The summed E-state index contributed by atoms with van der Waals surface area (Å²) in [6.45, 7) is -0.553. The number of halogens is 1. The molecular formula is C17H20ClNO4. The summed E-state index contributed by atoms with van der Waals surface area (Å²) >= 11 is 5.74. The van der Waals surface area contributed by atoms with E-state index in [4.69, 9.17) is 16.3 Å². The van der Waals surface area contributed by atoms with Crippen LogP contribution in [0.1, 0.15) is 42.5 Å². The van der Waals surface area contributed by atoms with E-state index in [0.29, 0.717) is 10.6 Å². The number of hydrogen-bond acceptors (Lipinski definition) is 4. The van der Waals surface area contributed by atoms with Crippen LogP contribution in [0, 0.1) is 5.92 Å². The third kappa shape index (κ3) is 5.67. The Labute approximate surface area is 140 Å². The number of carbonyl (C=O) groups is 3. The third-order valence-electron chi connectivity index (χ3n) is 3.91. The summed E-state index contributed by atoms with van der Waals surface area (Å²) in [5, 5.41) is 3.11. The van der Waals surface area contributed by atoms with Crippen LogP contribution in [0.3, 0.4) is 0 Å². The Morgan fingerprint density at radius 3 is 2.39 bits per heavy atom. The van der Waals surface area contributed by atoms with Gasteiger partial charge in [-0.25, -0.2) is 0 Å². The monoisotopic (exact) mass is 337 g/mol. The molecule has 1 aromatic carbocycles. The van der Waals surface area contributed by atoms with Gasteiger partial charge in [0.15, 0.2) is 12.4 Å². The topological polar surface area (TPSA) is 72.5 Å². The molecule has 0 spiro atoms. The molecule has 1 amide bonds. The molecule has 0 saturated heterocycles. The number of hydrogen-bond donors (Lipinski definition) is 1. The Bertz CT molecular complexity index is 564. The maximum absolute atomic E-state index is 11.9. The molecule has 2 rings (SSSR count). The summed E-state index contributed by atoms with van der Waals surface area (Å²) in [4.78, 5) is 35.3. The molecule has 23 heavy (non-hydrogen) atoms. The Hall–Kier alpha value is -1.88. The normalized spacial score (nSPS) is 15.0. The van der Waals surface area contributed by atoms with E-state index in [0.717, 1.165) is 25.7 Å². The molecule has 0 bridgehead atoms. The Balaban J connectivity index is 1.69. The molecule has 1 N–H and O–H groups in total. The molecule has 0 heterocycles. The highest BCUT2D eigenvalue weighted by Crippen LogP contribution is 2.23. The molecule has 1 fully saturated rings. The standard InChI is InChI=1S/C17H20ClNO4/c18-14-8-6-12(7-9-14)15(20)11-23-16(21)10-19-17(22)13-4-2-1-3-5-13/h6-9,13H,1-5,10-11H2,(H,19,22). The van der Waals surface area contributed by atoms with Gasteiger partial charge in [-0.2, -0.15) is 0 Å². The molecule has 5 nitrogen and oxygen atoms in total. The van der Waals surface area contributed by atoms with E-state index in [9.17, 15) is 14.4 Å². The highest BCUT2D eigenvalue weighted by Gasteiger charge is 2.21. The largest absolute Gasteiger partial charge is 0.456 e. The minimum atomic E-state index is -0.614. The number of Topliss-reactive ketones (excluding diaryl/α,β-unsaturated/α-hetero) is 1. The van der Waals surface area contributed by atoms with Crippen molar-refractivity contribution in [2.75, 3.05) is 13.2 Å². The second kappa shape index (κ2) is 8.67. The highest BCUT2D eigenvalue weighted by molar-refractivity contribution is 6.30. The summed E-state index contributed by atoms with van der Waals surface area (Å²) in [5.41, 5.74) is 0.424. The average molecular weight is 338 g/mol. The van der Waals surface area contributed by atoms with E-state index in [1.807, 2.05) is 0 Å². The first kappa shape index (κ1) is 17.5. The molecule has 0 atom stereocenters. The van der Waals surface area contributed by atoms with Crippen molar-refractivity contribution in [2.45, 2.75) is 32.1 Å². The highest BCUT2D eigenvalue weighted by atomic mass is 35.5. The summed E-state index contributed by atoms with van der Waals surface area (Å²) in [6, 6.07) is 6.34. The average Bonchev–Trinajstić information content (AvgIpc) is 2.59. The minimum absolute atomic E-state index is 0.00718. The number of benzene rings is 1. The number of rotatable bonds is 6.